The lowest BCUT2D eigenvalue weighted by Crippen LogP contribution is -2.46. The zero-order chi connectivity index (χ0) is 14.3. The Morgan fingerprint density at radius 3 is 2.76 bits per heavy atom. The maximum absolute atomic E-state index is 6.22. The summed E-state index contributed by atoms with van der Waals surface area (Å²) in [5.41, 5.74) is 1.40. The van der Waals surface area contributed by atoms with E-state index < -0.39 is 0 Å². The third-order valence-corrected chi connectivity index (χ3v) is 5.71. The minimum atomic E-state index is -0.0787. The predicted molar refractivity (Wildman–Crippen MR) is 84.1 cm³/mol. The predicted octanol–water partition coefficient (Wildman–Crippen LogP) is 3.26. The number of nitrogens with zero attached hydrogens (tertiary/aromatic N) is 3. The van der Waals surface area contributed by atoms with Crippen LogP contribution in [0.3, 0.4) is 0 Å². The third kappa shape index (κ3) is 2.33. The van der Waals surface area contributed by atoms with Crippen molar-refractivity contribution in [3.63, 3.8) is 0 Å². The zero-order valence-corrected chi connectivity index (χ0v) is 13.2. The Balaban J connectivity index is 1.54. The molecule has 0 radical (unpaired) electrons. The van der Waals surface area contributed by atoms with Crippen molar-refractivity contribution < 1.29 is 4.74 Å². The molecule has 21 heavy (non-hydrogen) atoms. The maximum Gasteiger partial charge on any atom is 0.225 e. The molecule has 2 aromatic rings. The van der Waals surface area contributed by atoms with Crippen LogP contribution in [0, 0.1) is 0 Å². The molecule has 0 aliphatic carbocycles. The van der Waals surface area contributed by atoms with Crippen LogP contribution < -0.4 is 4.90 Å². The van der Waals surface area contributed by atoms with Crippen molar-refractivity contribution in [1.82, 2.24) is 9.97 Å². The molecule has 1 saturated heterocycles. The van der Waals surface area contributed by atoms with E-state index in [1.54, 1.807) is 12.4 Å². The minimum absolute atomic E-state index is 0.0787. The largest absolute Gasteiger partial charge is 0.369 e. The Hall–Kier alpha value is -1.17. The molecule has 2 aromatic heterocycles. The molecule has 2 aliphatic rings. The molecule has 1 spiro atoms. The average Bonchev–Trinajstić information content (AvgIpc) is 3.00. The molecule has 0 atom stereocenters. The van der Waals surface area contributed by atoms with Gasteiger partial charge in [0.1, 0.15) is 5.60 Å². The van der Waals surface area contributed by atoms with Gasteiger partial charge in [0.05, 0.1) is 24.0 Å². The second kappa shape index (κ2) is 5.23. The SMILES string of the molecule is Clc1cnc(N2CCC3(CC2)OCCc2ccsc23)nc1. The van der Waals surface area contributed by atoms with Crippen LogP contribution in [0.2, 0.25) is 5.02 Å². The molecule has 0 saturated carbocycles. The molecule has 0 amide bonds. The highest BCUT2D eigenvalue weighted by molar-refractivity contribution is 7.10. The molecule has 0 unspecified atom stereocenters. The fourth-order valence-electron chi connectivity index (χ4n) is 3.26. The lowest BCUT2D eigenvalue weighted by molar-refractivity contribution is -0.0736. The number of hydrogen-bond acceptors (Lipinski definition) is 5. The van der Waals surface area contributed by atoms with E-state index in [1.165, 1.54) is 10.4 Å². The Kier molecular flexibility index (Phi) is 3.36. The van der Waals surface area contributed by atoms with Crippen LogP contribution in [0.15, 0.2) is 23.8 Å². The van der Waals surface area contributed by atoms with Crippen LogP contribution in [0.5, 0.6) is 0 Å². The van der Waals surface area contributed by atoms with Crippen molar-refractivity contribution >= 4 is 28.9 Å². The summed E-state index contributed by atoms with van der Waals surface area (Å²) < 4.78 is 6.22. The van der Waals surface area contributed by atoms with Gasteiger partial charge in [0.25, 0.3) is 0 Å². The lowest BCUT2D eigenvalue weighted by atomic mass is 9.85. The first-order valence-electron chi connectivity index (χ1n) is 7.20. The highest BCUT2D eigenvalue weighted by Gasteiger charge is 2.42. The second-order valence-electron chi connectivity index (χ2n) is 5.56. The first-order chi connectivity index (χ1) is 10.3. The number of ether oxygens (including phenoxy) is 1. The van der Waals surface area contributed by atoms with Crippen molar-refractivity contribution in [2.75, 3.05) is 24.6 Å². The molecule has 4 heterocycles. The van der Waals surface area contributed by atoms with Gasteiger partial charge >= 0.3 is 0 Å². The van der Waals surface area contributed by atoms with Crippen molar-refractivity contribution in [3.8, 4) is 0 Å². The Morgan fingerprint density at radius 1 is 1.24 bits per heavy atom. The summed E-state index contributed by atoms with van der Waals surface area (Å²) in [5.74, 6) is 0.761. The smallest absolute Gasteiger partial charge is 0.225 e. The zero-order valence-electron chi connectivity index (χ0n) is 11.6. The second-order valence-corrected chi connectivity index (χ2v) is 6.91. The van der Waals surface area contributed by atoms with E-state index in [0.717, 1.165) is 44.9 Å². The van der Waals surface area contributed by atoms with E-state index in [9.17, 15) is 0 Å². The van der Waals surface area contributed by atoms with E-state index in [2.05, 4.69) is 26.3 Å². The molecule has 1 fully saturated rings. The number of thiophene rings is 1. The van der Waals surface area contributed by atoms with E-state index in [4.69, 9.17) is 16.3 Å². The Labute approximate surface area is 132 Å². The molecule has 2 aliphatic heterocycles. The number of anilines is 1. The van der Waals surface area contributed by atoms with Gasteiger partial charge in [-0.1, -0.05) is 11.6 Å². The number of piperidine rings is 1. The number of halogens is 1. The number of fused-ring (bicyclic) bond motifs is 2. The van der Waals surface area contributed by atoms with E-state index >= 15 is 0 Å². The van der Waals surface area contributed by atoms with E-state index in [1.807, 2.05) is 11.3 Å². The fraction of sp³-hybridized carbons (Fsp3) is 0.467. The molecule has 4 rings (SSSR count). The van der Waals surface area contributed by atoms with Crippen LogP contribution in [-0.2, 0) is 16.8 Å². The fourth-order valence-corrected chi connectivity index (χ4v) is 4.53. The number of rotatable bonds is 1. The quantitative estimate of drug-likeness (QED) is 0.808. The minimum Gasteiger partial charge on any atom is -0.369 e. The lowest BCUT2D eigenvalue weighted by Gasteiger charge is -2.43. The summed E-state index contributed by atoms with van der Waals surface area (Å²) in [5, 5.41) is 2.77. The summed E-state index contributed by atoms with van der Waals surface area (Å²) in [4.78, 5) is 12.3. The summed E-state index contributed by atoms with van der Waals surface area (Å²) >= 11 is 7.69. The first-order valence-corrected chi connectivity index (χ1v) is 8.46. The van der Waals surface area contributed by atoms with Crippen LogP contribution in [0.1, 0.15) is 23.3 Å². The Bertz CT molecular complexity index is 635. The summed E-state index contributed by atoms with van der Waals surface area (Å²) in [6.07, 6.45) is 6.34. The first kappa shape index (κ1) is 13.5. The molecule has 0 N–H and O–H groups in total. The van der Waals surface area contributed by atoms with Crippen LogP contribution in [0.4, 0.5) is 5.95 Å². The molecule has 110 valence electrons. The average molecular weight is 322 g/mol. The maximum atomic E-state index is 6.22. The van der Waals surface area contributed by atoms with Gasteiger partial charge in [-0.25, -0.2) is 9.97 Å². The van der Waals surface area contributed by atoms with Crippen molar-refractivity contribution in [1.29, 1.82) is 0 Å². The standard InChI is InChI=1S/C15H16ClN3OS/c16-12-9-17-14(18-10-12)19-5-3-15(4-6-19)13-11(1-7-20-15)2-8-21-13/h2,8-10H,1,3-7H2. The molecular formula is C15H16ClN3OS. The summed E-state index contributed by atoms with van der Waals surface area (Å²) in [6, 6.07) is 2.25. The highest BCUT2D eigenvalue weighted by Crippen LogP contribution is 2.44. The van der Waals surface area contributed by atoms with Crippen molar-refractivity contribution in [2.45, 2.75) is 24.9 Å². The van der Waals surface area contributed by atoms with E-state index in [0.29, 0.717) is 5.02 Å². The van der Waals surface area contributed by atoms with Gasteiger partial charge in [-0.05, 0) is 36.3 Å². The van der Waals surface area contributed by atoms with Crippen LogP contribution >= 0.6 is 22.9 Å². The molecular weight excluding hydrogens is 306 g/mol. The third-order valence-electron chi connectivity index (χ3n) is 4.37. The molecule has 0 bridgehead atoms. The van der Waals surface area contributed by atoms with Gasteiger partial charge in [0.2, 0.25) is 5.95 Å². The topological polar surface area (TPSA) is 38.2 Å². The van der Waals surface area contributed by atoms with Crippen LogP contribution in [-0.4, -0.2) is 29.7 Å². The van der Waals surface area contributed by atoms with Gasteiger partial charge in [0.15, 0.2) is 0 Å². The number of aromatic nitrogens is 2. The van der Waals surface area contributed by atoms with E-state index in [-0.39, 0.29) is 5.60 Å². The molecule has 0 aromatic carbocycles. The van der Waals surface area contributed by atoms with Gasteiger partial charge < -0.3 is 9.64 Å². The van der Waals surface area contributed by atoms with Gasteiger partial charge in [-0.15, -0.1) is 11.3 Å². The monoisotopic (exact) mass is 321 g/mol. The van der Waals surface area contributed by atoms with Crippen molar-refractivity contribution in [3.05, 3.63) is 39.3 Å². The summed E-state index contributed by atoms with van der Waals surface area (Å²) in [6.45, 7) is 2.67. The van der Waals surface area contributed by atoms with Gasteiger partial charge in [-0.3, -0.25) is 0 Å². The molecule has 6 heteroatoms. The van der Waals surface area contributed by atoms with Crippen molar-refractivity contribution in [2.24, 2.45) is 0 Å². The summed E-state index contributed by atoms with van der Waals surface area (Å²) in [7, 11) is 0. The Morgan fingerprint density at radius 2 is 2.00 bits per heavy atom. The highest BCUT2D eigenvalue weighted by atomic mass is 35.5. The van der Waals surface area contributed by atoms with Gasteiger partial charge in [0, 0.05) is 18.0 Å². The van der Waals surface area contributed by atoms with Gasteiger partial charge in [-0.2, -0.15) is 0 Å². The van der Waals surface area contributed by atoms with Crippen LogP contribution in [0.25, 0.3) is 0 Å². The number of hydrogen-bond donors (Lipinski definition) is 0. The normalized spacial score (nSPS) is 20.5. The molecule has 4 nitrogen and oxygen atoms in total.